The fraction of sp³-hybridized carbons (Fsp3) is 0.522. The minimum atomic E-state index is -0.387. The molecular formula is C23H28N2O4. The average Bonchev–Trinajstić information content (AvgIpc) is 2.89. The SMILES string of the molecule is Cc1ccc2c(c1)OC(C)(C)C[C@@H]2NC(=O)CCN1C(=O)[C@H]2CC=CC[C@H]2C1=O. The Labute approximate surface area is 171 Å². The quantitative estimate of drug-likeness (QED) is 0.627. The van der Waals surface area contributed by atoms with Crippen LogP contribution < -0.4 is 10.1 Å². The zero-order chi connectivity index (χ0) is 20.8. The number of hydrogen-bond acceptors (Lipinski definition) is 4. The molecule has 0 bridgehead atoms. The Morgan fingerprint density at radius 2 is 1.83 bits per heavy atom. The summed E-state index contributed by atoms with van der Waals surface area (Å²) in [6.07, 6.45) is 5.94. The smallest absolute Gasteiger partial charge is 0.233 e. The first-order valence-corrected chi connectivity index (χ1v) is 10.3. The number of fused-ring (bicyclic) bond motifs is 2. The molecule has 1 N–H and O–H groups in total. The Morgan fingerprint density at radius 3 is 2.48 bits per heavy atom. The maximum Gasteiger partial charge on any atom is 0.233 e. The van der Waals surface area contributed by atoms with Gasteiger partial charge >= 0.3 is 0 Å². The number of nitrogens with one attached hydrogen (secondary N) is 1. The van der Waals surface area contributed by atoms with Crippen LogP contribution in [-0.4, -0.2) is 34.8 Å². The molecule has 29 heavy (non-hydrogen) atoms. The fourth-order valence-corrected chi connectivity index (χ4v) is 4.66. The number of rotatable bonds is 4. The largest absolute Gasteiger partial charge is 0.487 e. The number of carbonyl (C=O) groups is 3. The third-order valence-electron chi connectivity index (χ3n) is 6.12. The maximum atomic E-state index is 12.7. The second-order valence-electron chi connectivity index (χ2n) is 8.96. The molecule has 0 spiro atoms. The molecule has 2 aliphatic heterocycles. The number of imide groups is 1. The monoisotopic (exact) mass is 396 g/mol. The summed E-state index contributed by atoms with van der Waals surface area (Å²) in [5.41, 5.74) is 1.68. The second kappa shape index (κ2) is 7.32. The molecule has 2 heterocycles. The first-order chi connectivity index (χ1) is 13.7. The van der Waals surface area contributed by atoms with Crippen LogP contribution in [0.15, 0.2) is 30.4 Å². The number of hydrogen-bond donors (Lipinski definition) is 1. The molecule has 0 radical (unpaired) electrons. The van der Waals surface area contributed by atoms with Gasteiger partial charge in [-0.15, -0.1) is 0 Å². The van der Waals surface area contributed by atoms with Crippen molar-refractivity contribution < 1.29 is 19.1 Å². The van der Waals surface area contributed by atoms with Crippen LogP contribution >= 0.6 is 0 Å². The van der Waals surface area contributed by atoms with E-state index in [0.29, 0.717) is 19.3 Å². The molecule has 6 heteroatoms. The summed E-state index contributed by atoms with van der Waals surface area (Å²) in [5.74, 6) is -0.125. The molecule has 0 saturated carbocycles. The molecule has 1 aliphatic carbocycles. The summed E-state index contributed by atoms with van der Waals surface area (Å²) in [6.45, 7) is 6.17. The molecule has 3 aliphatic rings. The van der Waals surface area contributed by atoms with E-state index in [0.717, 1.165) is 16.9 Å². The summed E-state index contributed by atoms with van der Waals surface area (Å²) >= 11 is 0. The van der Waals surface area contributed by atoms with Crippen molar-refractivity contribution in [3.8, 4) is 5.75 Å². The maximum absolute atomic E-state index is 12.7. The topological polar surface area (TPSA) is 75.7 Å². The van der Waals surface area contributed by atoms with E-state index in [1.165, 1.54) is 4.90 Å². The highest BCUT2D eigenvalue weighted by molar-refractivity contribution is 6.05. The minimum absolute atomic E-state index is 0.114. The van der Waals surface area contributed by atoms with Crippen LogP contribution in [0.5, 0.6) is 5.75 Å². The van der Waals surface area contributed by atoms with Gasteiger partial charge in [0, 0.05) is 24.9 Å². The highest BCUT2D eigenvalue weighted by atomic mass is 16.5. The van der Waals surface area contributed by atoms with Crippen LogP contribution in [0, 0.1) is 18.8 Å². The van der Waals surface area contributed by atoms with Gasteiger partial charge < -0.3 is 10.1 Å². The second-order valence-corrected chi connectivity index (χ2v) is 8.96. The van der Waals surface area contributed by atoms with Gasteiger partial charge in [0.05, 0.1) is 17.9 Å². The van der Waals surface area contributed by atoms with Gasteiger partial charge in [-0.1, -0.05) is 24.3 Å². The normalized spacial score (nSPS) is 27.3. The lowest BCUT2D eigenvalue weighted by molar-refractivity contribution is -0.140. The lowest BCUT2D eigenvalue weighted by Gasteiger charge is -2.38. The number of amides is 3. The van der Waals surface area contributed by atoms with Crippen LogP contribution in [0.3, 0.4) is 0 Å². The summed E-state index contributed by atoms with van der Waals surface area (Å²) in [5, 5.41) is 3.09. The van der Waals surface area contributed by atoms with Crippen LogP contribution in [0.1, 0.15) is 56.7 Å². The van der Waals surface area contributed by atoms with Crippen LogP contribution in [0.4, 0.5) is 0 Å². The molecule has 4 rings (SSSR count). The Hall–Kier alpha value is -2.63. The molecule has 0 aromatic heterocycles. The predicted octanol–water partition coefficient (Wildman–Crippen LogP) is 3.05. The van der Waals surface area contributed by atoms with Gasteiger partial charge in [0.1, 0.15) is 11.4 Å². The van der Waals surface area contributed by atoms with Gasteiger partial charge in [0.25, 0.3) is 0 Å². The van der Waals surface area contributed by atoms with Crippen molar-refractivity contribution in [2.75, 3.05) is 6.54 Å². The number of likely N-dealkylation sites (tertiary alicyclic amines) is 1. The zero-order valence-electron chi connectivity index (χ0n) is 17.2. The van der Waals surface area contributed by atoms with Crippen LogP contribution in [-0.2, 0) is 14.4 Å². The number of nitrogens with zero attached hydrogens (tertiary/aromatic N) is 1. The van der Waals surface area contributed by atoms with E-state index in [-0.39, 0.29) is 54.2 Å². The third kappa shape index (κ3) is 3.80. The number of carbonyl (C=O) groups excluding carboxylic acids is 3. The molecule has 1 aromatic carbocycles. The van der Waals surface area contributed by atoms with E-state index in [9.17, 15) is 14.4 Å². The third-order valence-corrected chi connectivity index (χ3v) is 6.12. The molecule has 3 amide bonds. The van der Waals surface area contributed by atoms with Crippen molar-refractivity contribution >= 4 is 17.7 Å². The van der Waals surface area contributed by atoms with E-state index in [1.807, 2.05) is 51.1 Å². The van der Waals surface area contributed by atoms with E-state index in [2.05, 4.69) is 5.32 Å². The van der Waals surface area contributed by atoms with Gasteiger partial charge in [-0.25, -0.2) is 0 Å². The van der Waals surface area contributed by atoms with Gasteiger partial charge in [-0.3, -0.25) is 19.3 Å². The first-order valence-electron chi connectivity index (χ1n) is 10.3. The number of aryl methyl sites for hydroxylation is 1. The number of allylic oxidation sites excluding steroid dienone is 2. The van der Waals surface area contributed by atoms with Crippen molar-refractivity contribution in [2.24, 2.45) is 11.8 Å². The molecule has 154 valence electrons. The molecular weight excluding hydrogens is 368 g/mol. The van der Waals surface area contributed by atoms with Gasteiger partial charge in [0.15, 0.2) is 0 Å². The lowest BCUT2D eigenvalue weighted by Crippen LogP contribution is -2.42. The molecule has 0 unspecified atom stereocenters. The highest BCUT2D eigenvalue weighted by Gasteiger charge is 2.47. The summed E-state index contributed by atoms with van der Waals surface area (Å²) in [7, 11) is 0. The Kier molecular flexibility index (Phi) is 4.97. The Balaban J connectivity index is 1.40. The fourth-order valence-electron chi connectivity index (χ4n) is 4.66. The van der Waals surface area contributed by atoms with E-state index in [4.69, 9.17) is 4.74 Å². The van der Waals surface area contributed by atoms with Gasteiger partial charge in [0.2, 0.25) is 17.7 Å². The highest BCUT2D eigenvalue weighted by Crippen LogP contribution is 2.40. The molecule has 1 saturated heterocycles. The first kappa shape index (κ1) is 19.7. The summed E-state index contributed by atoms with van der Waals surface area (Å²) < 4.78 is 6.08. The molecule has 1 aromatic rings. The minimum Gasteiger partial charge on any atom is -0.487 e. The van der Waals surface area contributed by atoms with Crippen molar-refractivity contribution in [2.45, 2.75) is 58.1 Å². The van der Waals surface area contributed by atoms with E-state index < -0.39 is 0 Å². The van der Waals surface area contributed by atoms with Crippen molar-refractivity contribution in [3.63, 3.8) is 0 Å². The van der Waals surface area contributed by atoms with Crippen molar-refractivity contribution in [1.82, 2.24) is 10.2 Å². The average molecular weight is 396 g/mol. The zero-order valence-corrected chi connectivity index (χ0v) is 17.2. The lowest BCUT2D eigenvalue weighted by atomic mass is 9.85. The van der Waals surface area contributed by atoms with Crippen LogP contribution in [0.2, 0.25) is 0 Å². The van der Waals surface area contributed by atoms with E-state index in [1.54, 1.807) is 0 Å². The Bertz CT molecular complexity index is 863. The van der Waals surface area contributed by atoms with Gasteiger partial charge in [-0.2, -0.15) is 0 Å². The van der Waals surface area contributed by atoms with Gasteiger partial charge in [-0.05, 0) is 45.2 Å². The standard InChI is InChI=1S/C23H28N2O4/c1-14-8-9-17-18(13-23(2,3)29-19(17)12-14)24-20(26)10-11-25-21(27)15-6-4-5-7-16(15)22(25)28/h4-5,8-9,12,15-16,18H,6-7,10-11,13H2,1-3H3,(H,24,26)/t15-,16+,18-/m0/s1. The van der Waals surface area contributed by atoms with Crippen molar-refractivity contribution in [3.05, 3.63) is 41.5 Å². The van der Waals surface area contributed by atoms with Crippen molar-refractivity contribution in [1.29, 1.82) is 0 Å². The van der Waals surface area contributed by atoms with E-state index >= 15 is 0 Å². The molecule has 3 atom stereocenters. The van der Waals surface area contributed by atoms with Crippen LogP contribution in [0.25, 0.3) is 0 Å². The number of benzene rings is 1. The number of ether oxygens (including phenoxy) is 1. The molecule has 6 nitrogen and oxygen atoms in total. The Morgan fingerprint density at radius 1 is 1.17 bits per heavy atom. The summed E-state index contributed by atoms with van der Waals surface area (Å²) in [6, 6.07) is 5.85. The summed E-state index contributed by atoms with van der Waals surface area (Å²) in [4.78, 5) is 39.1. The predicted molar refractivity (Wildman–Crippen MR) is 108 cm³/mol. The molecule has 1 fully saturated rings.